The Morgan fingerprint density at radius 3 is 2.66 bits per heavy atom. The van der Waals surface area contributed by atoms with Gasteiger partial charge >= 0.3 is 6.09 Å². The lowest BCUT2D eigenvalue weighted by molar-refractivity contribution is 0.0342. The van der Waals surface area contributed by atoms with E-state index in [9.17, 15) is 9.18 Å². The van der Waals surface area contributed by atoms with Crippen molar-refractivity contribution in [3.8, 4) is 22.9 Å². The maximum Gasteiger partial charge on any atom is 0.407 e. The van der Waals surface area contributed by atoms with Crippen molar-refractivity contribution in [2.75, 3.05) is 31.1 Å². The van der Waals surface area contributed by atoms with Crippen LogP contribution in [0.3, 0.4) is 0 Å². The number of hydrogen-bond acceptors (Lipinski definition) is 8. The van der Waals surface area contributed by atoms with E-state index in [4.69, 9.17) is 13.9 Å². The first-order chi connectivity index (χ1) is 18.2. The highest BCUT2D eigenvalue weighted by Crippen LogP contribution is 2.35. The quantitative estimate of drug-likeness (QED) is 0.240. The van der Waals surface area contributed by atoms with E-state index in [0.717, 1.165) is 54.5 Å². The number of rotatable bonds is 9. The van der Waals surface area contributed by atoms with Gasteiger partial charge in [-0.2, -0.15) is 4.39 Å². The van der Waals surface area contributed by atoms with Crippen LogP contribution >= 0.6 is 15.9 Å². The molecule has 4 rings (SSSR count). The minimum atomic E-state index is -0.603. The lowest BCUT2D eigenvalue weighted by Crippen LogP contribution is -2.37. The zero-order valence-corrected chi connectivity index (χ0v) is 23.5. The van der Waals surface area contributed by atoms with Gasteiger partial charge in [-0.1, -0.05) is 15.9 Å². The van der Waals surface area contributed by atoms with Crippen LogP contribution in [0.15, 0.2) is 45.4 Å². The van der Waals surface area contributed by atoms with Crippen molar-refractivity contribution in [3.63, 3.8) is 0 Å². The third kappa shape index (κ3) is 7.97. The van der Waals surface area contributed by atoms with Gasteiger partial charge in [0.1, 0.15) is 5.60 Å². The first-order valence-electron chi connectivity index (χ1n) is 12.8. The van der Waals surface area contributed by atoms with Crippen molar-refractivity contribution in [1.29, 1.82) is 0 Å². The second kappa shape index (κ2) is 12.7. The summed E-state index contributed by atoms with van der Waals surface area (Å²) in [5.41, 5.74) is 1.79. The molecule has 0 spiro atoms. The molecule has 0 bridgehead atoms. The topological polar surface area (TPSA) is 103 Å². The summed E-state index contributed by atoms with van der Waals surface area (Å²) in [5.74, 6) is 0.00999. The number of piperidine rings is 1. The molecule has 1 fully saturated rings. The Kier molecular flexibility index (Phi) is 9.32. The van der Waals surface area contributed by atoms with Crippen molar-refractivity contribution in [2.45, 2.75) is 58.2 Å². The van der Waals surface area contributed by atoms with Gasteiger partial charge in [0.25, 0.3) is 0 Å². The number of benzene rings is 1. The number of pyridine rings is 1. The zero-order valence-electron chi connectivity index (χ0n) is 21.9. The molecule has 0 unspecified atom stereocenters. The summed E-state index contributed by atoms with van der Waals surface area (Å²) in [6, 6.07) is 8.82. The molecule has 1 N–H and O–H groups in total. The Balaban J connectivity index is 1.27. The molecule has 2 aromatic heterocycles. The van der Waals surface area contributed by atoms with Crippen LogP contribution in [0, 0.1) is 5.95 Å². The van der Waals surface area contributed by atoms with Gasteiger partial charge in [0.05, 0.1) is 17.4 Å². The molecule has 0 atom stereocenters. The molecular weight excluding hydrogens is 557 g/mol. The number of nitrogens with zero attached hydrogens (tertiary/aromatic N) is 4. The summed E-state index contributed by atoms with van der Waals surface area (Å²) in [6.07, 6.45) is 4.66. The van der Waals surface area contributed by atoms with E-state index >= 15 is 0 Å². The van der Waals surface area contributed by atoms with Gasteiger partial charge in [0, 0.05) is 48.5 Å². The molecule has 0 aliphatic carbocycles. The minimum absolute atomic E-state index is 0.192. The summed E-state index contributed by atoms with van der Waals surface area (Å²) >= 11 is 3.57. The SMILES string of the molecule is CC(C)(C)OC(=O)NCCCCOC1CCN(c2cc(Br)ccc2-c2nnc(-c3ccnc(F)c3)o2)CC1. The fourth-order valence-corrected chi connectivity index (χ4v) is 4.53. The second-order valence-corrected chi connectivity index (χ2v) is 11.0. The monoisotopic (exact) mass is 589 g/mol. The molecule has 11 heteroatoms. The molecule has 204 valence electrons. The van der Waals surface area contributed by atoms with Gasteiger partial charge in [-0.05, 0) is 70.7 Å². The molecule has 3 heterocycles. The number of ether oxygens (including phenoxy) is 2. The first kappa shape index (κ1) is 28.0. The predicted molar refractivity (Wildman–Crippen MR) is 145 cm³/mol. The molecule has 38 heavy (non-hydrogen) atoms. The standard InChI is InChI=1S/C27H33BrFN5O4/c1-27(2,3)38-26(35)31-11-4-5-15-36-20-9-13-34(14-10-20)22-17-19(28)6-7-21(22)25-33-32-24(37-25)18-8-12-30-23(29)16-18/h6-8,12,16-17,20H,4-5,9-11,13-15H2,1-3H3,(H,31,35). The van der Waals surface area contributed by atoms with Gasteiger partial charge in [0.15, 0.2) is 0 Å². The number of hydrogen-bond donors (Lipinski definition) is 1. The molecule has 0 radical (unpaired) electrons. The highest BCUT2D eigenvalue weighted by atomic mass is 79.9. The average Bonchev–Trinajstić information content (AvgIpc) is 3.36. The summed E-state index contributed by atoms with van der Waals surface area (Å²) in [5, 5.41) is 11.1. The molecule has 9 nitrogen and oxygen atoms in total. The largest absolute Gasteiger partial charge is 0.444 e. The first-order valence-corrected chi connectivity index (χ1v) is 13.6. The molecule has 1 aliphatic rings. The summed E-state index contributed by atoms with van der Waals surface area (Å²) in [7, 11) is 0. The van der Waals surface area contributed by atoms with Gasteiger partial charge in [-0.25, -0.2) is 9.78 Å². The summed E-state index contributed by atoms with van der Waals surface area (Å²) in [6.45, 7) is 8.40. The highest BCUT2D eigenvalue weighted by molar-refractivity contribution is 9.10. The number of carbonyl (C=O) groups is 1. The summed E-state index contributed by atoms with van der Waals surface area (Å²) < 4.78 is 31.7. The molecule has 1 amide bonds. The van der Waals surface area contributed by atoms with E-state index in [2.05, 4.69) is 41.3 Å². The maximum atomic E-state index is 13.5. The van der Waals surface area contributed by atoms with Crippen LogP contribution in [0.2, 0.25) is 0 Å². The van der Waals surface area contributed by atoms with Crippen molar-refractivity contribution in [1.82, 2.24) is 20.5 Å². The number of unbranched alkanes of at least 4 members (excludes halogenated alkanes) is 1. The van der Waals surface area contributed by atoms with Crippen molar-refractivity contribution >= 4 is 27.7 Å². The second-order valence-electron chi connectivity index (χ2n) is 10.1. The van der Waals surface area contributed by atoms with Gasteiger partial charge in [0.2, 0.25) is 17.7 Å². The normalized spacial score (nSPS) is 14.5. The minimum Gasteiger partial charge on any atom is -0.444 e. The molecule has 1 aromatic carbocycles. The Morgan fingerprint density at radius 1 is 1.16 bits per heavy atom. The number of halogens is 2. The average molecular weight is 590 g/mol. The Morgan fingerprint density at radius 2 is 1.92 bits per heavy atom. The molecule has 0 saturated carbocycles. The predicted octanol–water partition coefficient (Wildman–Crippen LogP) is 5.99. The van der Waals surface area contributed by atoms with E-state index in [1.165, 1.54) is 12.3 Å². The van der Waals surface area contributed by atoms with Crippen LogP contribution in [0.25, 0.3) is 22.9 Å². The van der Waals surface area contributed by atoms with Crippen molar-refractivity contribution < 1.29 is 23.1 Å². The maximum absolute atomic E-state index is 13.5. The number of anilines is 1. The van der Waals surface area contributed by atoms with Crippen LogP contribution in [0.5, 0.6) is 0 Å². The van der Waals surface area contributed by atoms with Gasteiger partial charge in [-0.15, -0.1) is 10.2 Å². The molecular formula is C27H33BrFN5O4. The number of aromatic nitrogens is 3. The van der Waals surface area contributed by atoms with E-state index < -0.39 is 11.5 Å². The fraction of sp³-hybridized carbons (Fsp3) is 0.481. The third-order valence-electron chi connectivity index (χ3n) is 5.96. The van der Waals surface area contributed by atoms with E-state index in [0.29, 0.717) is 24.6 Å². The number of alkyl carbamates (subject to hydrolysis) is 1. The lowest BCUT2D eigenvalue weighted by Gasteiger charge is -2.34. The van der Waals surface area contributed by atoms with Crippen LogP contribution < -0.4 is 10.2 Å². The van der Waals surface area contributed by atoms with Crippen molar-refractivity contribution in [2.24, 2.45) is 0 Å². The Labute approximate surface area is 230 Å². The molecule has 1 aliphatic heterocycles. The Bertz CT molecular complexity index is 1220. The lowest BCUT2D eigenvalue weighted by atomic mass is 10.0. The highest BCUT2D eigenvalue weighted by Gasteiger charge is 2.24. The van der Waals surface area contributed by atoms with E-state index in [1.807, 2.05) is 39.0 Å². The Hall–Kier alpha value is -3.05. The van der Waals surface area contributed by atoms with Crippen LogP contribution in [0.1, 0.15) is 46.5 Å². The van der Waals surface area contributed by atoms with Crippen LogP contribution in [-0.4, -0.2) is 59.2 Å². The smallest absolute Gasteiger partial charge is 0.407 e. The fourth-order valence-electron chi connectivity index (χ4n) is 4.18. The molecule has 3 aromatic rings. The van der Waals surface area contributed by atoms with Crippen molar-refractivity contribution in [3.05, 3.63) is 46.9 Å². The van der Waals surface area contributed by atoms with Gasteiger partial charge < -0.3 is 24.1 Å². The number of nitrogens with one attached hydrogen (secondary N) is 1. The summed E-state index contributed by atoms with van der Waals surface area (Å²) in [4.78, 5) is 17.6. The number of carbonyl (C=O) groups excluding carboxylic acids is 1. The van der Waals surface area contributed by atoms with Gasteiger partial charge in [-0.3, -0.25) is 0 Å². The molecule has 1 saturated heterocycles. The zero-order chi connectivity index (χ0) is 27.1. The van der Waals surface area contributed by atoms with Crippen LogP contribution in [-0.2, 0) is 9.47 Å². The van der Waals surface area contributed by atoms with E-state index in [-0.39, 0.29) is 18.1 Å². The van der Waals surface area contributed by atoms with Crippen LogP contribution in [0.4, 0.5) is 14.9 Å². The third-order valence-corrected chi connectivity index (χ3v) is 6.46. The van der Waals surface area contributed by atoms with E-state index in [1.54, 1.807) is 6.07 Å². The number of amides is 1.